The van der Waals surface area contributed by atoms with Crippen molar-refractivity contribution in [3.05, 3.63) is 76.9 Å². The molecule has 0 radical (unpaired) electrons. The van der Waals surface area contributed by atoms with Gasteiger partial charge in [0, 0.05) is 5.56 Å². The molecule has 1 fully saturated rings. The Morgan fingerprint density at radius 2 is 1.62 bits per heavy atom. The van der Waals surface area contributed by atoms with Gasteiger partial charge in [-0.1, -0.05) is 87.7 Å². The molecule has 1 heteroatoms. The van der Waals surface area contributed by atoms with E-state index < -0.39 is 0 Å². The van der Waals surface area contributed by atoms with Crippen LogP contribution >= 0.6 is 0 Å². The number of allylic oxidation sites excluding steroid dienone is 1. The fourth-order valence-electron chi connectivity index (χ4n) is 3.86. The monoisotopic (exact) mass is 346 g/mol. The van der Waals surface area contributed by atoms with Gasteiger partial charge in [0.15, 0.2) is 5.78 Å². The molecule has 136 valence electrons. The van der Waals surface area contributed by atoms with Crippen LogP contribution in [0, 0.1) is 5.92 Å². The molecular weight excluding hydrogens is 316 g/mol. The fourth-order valence-corrected chi connectivity index (χ4v) is 3.86. The molecule has 26 heavy (non-hydrogen) atoms. The van der Waals surface area contributed by atoms with Crippen LogP contribution in [-0.4, -0.2) is 5.78 Å². The highest BCUT2D eigenvalue weighted by atomic mass is 16.1. The number of ketones is 1. The SMILES string of the molecule is CC(C)Cc1ccc(C=CC(=O)c2ccc(C3CCCCC3)cc2)cc1. The number of carbonyl (C=O) groups excluding carboxylic acids is 1. The molecule has 0 saturated heterocycles. The van der Waals surface area contributed by atoms with E-state index >= 15 is 0 Å². The van der Waals surface area contributed by atoms with Gasteiger partial charge >= 0.3 is 0 Å². The molecule has 0 amide bonds. The molecule has 0 aliphatic heterocycles. The van der Waals surface area contributed by atoms with Crippen molar-refractivity contribution in [1.29, 1.82) is 0 Å². The molecule has 1 saturated carbocycles. The predicted molar refractivity (Wildman–Crippen MR) is 111 cm³/mol. The molecule has 0 bridgehead atoms. The summed E-state index contributed by atoms with van der Waals surface area (Å²) in [6.07, 6.45) is 11.3. The van der Waals surface area contributed by atoms with E-state index in [0.717, 1.165) is 17.5 Å². The van der Waals surface area contributed by atoms with Crippen LogP contribution in [0.25, 0.3) is 6.08 Å². The van der Waals surface area contributed by atoms with E-state index in [9.17, 15) is 4.79 Å². The number of carbonyl (C=O) groups is 1. The second-order valence-electron chi connectivity index (χ2n) is 7.99. The van der Waals surface area contributed by atoms with Gasteiger partial charge in [0.1, 0.15) is 0 Å². The average molecular weight is 347 g/mol. The first kappa shape index (κ1) is 18.6. The molecule has 3 rings (SSSR count). The van der Waals surface area contributed by atoms with E-state index in [0.29, 0.717) is 11.8 Å². The van der Waals surface area contributed by atoms with E-state index in [-0.39, 0.29) is 5.78 Å². The Labute approximate surface area is 158 Å². The van der Waals surface area contributed by atoms with Crippen molar-refractivity contribution < 1.29 is 4.79 Å². The van der Waals surface area contributed by atoms with Crippen LogP contribution in [0.3, 0.4) is 0 Å². The van der Waals surface area contributed by atoms with E-state index in [1.54, 1.807) is 6.08 Å². The Morgan fingerprint density at radius 1 is 0.962 bits per heavy atom. The smallest absolute Gasteiger partial charge is 0.185 e. The summed E-state index contributed by atoms with van der Waals surface area (Å²) in [5.41, 5.74) is 4.59. The van der Waals surface area contributed by atoms with Crippen LogP contribution < -0.4 is 0 Å². The second-order valence-corrected chi connectivity index (χ2v) is 7.99. The lowest BCUT2D eigenvalue weighted by Crippen LogP contribution is -2.05. The van der Waals surface area contributed by atoms with Crippen LogP contribution in [-0.2, 0) is 6.42 Å². The number of hydrogen-bond acceptors (Lipinski definition) is 1. The topological polar surface area (TPSA) is 17.1 Å². The fraction of sp³-hybridized carbons (Fsp3) is 0.400. The molecule has 1 nitrogen and oxygen atoms in total. The zero-order valence-electron chi connectivity index (χ0n) is 16.1. The van der Waals surface area contributed by atoms with Crippen molar-refractivity contribution in [2.75, 3.05) is 0 Å². The molecule has 1 aliphatic rings. The highest BCUT2D eigenvalue weighted by Gasteiger charge is 2.15. The van der Waals surface area contributed by atoms with Crippen molar-refractivity contribution >= 4 is 11.9 Å². The summed E-state index contributed by atoms with van der Waals surface area (Å²) in [7, 11) is 0. The molecule has 0 aromatic heterocycles. The lowest BCUT2D eigenvalue weighted by Gasteiger charge is -2.21. The third-order valence-corrected chi connectivity index (χ3v) is 5.32. The zero-order chi connectivity index (χ0) is 18.4. The van der Waals surface area contributed by atoms with E-state index in [1.807, 2.05) is 18.2 Å². The highest BCUT2D eigenvalue weighted by molar-refractivity contribution is 6.06. The molecular formula is C25H30O. The van der Waals surface area contributed by atoms with E-state index in [4.69, 9.17) is 0 Å². The summed E-state index contributed by atoms with van der Waals surface area (Å²) in [4.78, 5) is 12.4. The van der Waals surface area contributed by atoms with Gasteiger partial charge in [-0.25, -0.2) is 0 Å². The van der Waals surface area contributed by atoms with Crippen LogP contribution in [0.5, 0.6) is 0 Å². The van der Waals surface area contributed by atoms with Gasteiger partial charge in [-0.3, -0.25) is 4.79 Å². The zero-order valence-corrected chi connectivity index (χ0v) is 16.1. The van der Waals surface area contributed by atoms with Gasteiger partial charge in [0.25, 0.3) is 0 Å². The first-order chi connectivity index (χ1) is 12.6. The van der Waals surface area contributed by atoms with E-state index in [1.165, 1.54) is 43.2 Å². The first-order valence-corrected chi connectivity index (χ1v) is 10.0. The number of benzene rings is 2. The molecule has 0 atom stereocenters. The molecule has 0 heterocycles. The van der Waals surface area contributed by atoms with Crippen molar-refractivity contribution in [3.8, 4) is 0 Å². The maximum Gasteiger partial charge on any atom is 0.185 e. The van der Waals surface area contributed by atoms with Crippen molar-refractivity contribution in [1.82, 2.24) is 0 Å². The van der Waals surface area contributed by atoms with Gasteiger partial charge < -0.3 is 0 Å². The third kappa shape index (κ3) is 5.17. The maximum atomic E-state index is 12.4. The van der Waals surface area contributed by atoms with Gasteiger partial charge in [-0.05, 0) is 53.9 Å². The quantitative estimate of drug-likeness (QED) is 0.414. The lowest BCUT2D eigenvalue weighted by molar-refractivity contribution is 0.104. The minimum atomic E-state index is 0.0754. The highest BCUT2D eigenvalue weighted by Crippen LogP contribution is 2.32. The Hall–Kier alpha value is -2.15. The standard InChI is InChI=1S/C25H30O/c1-19(2)18-21-10-8-20(9-11-21)12-17-25(26)24-15-13-23(14-16-24)22-6-4-3-5-7-22/h8-17,19,22H,3-7,18H2,1-2H3. The Kier molecular flexibility index (Phi) is 6.44. The molecule has 2 aromatic rings. The van der Waals surface area contributed by atoms with Crippen LogP contribution in [0.1, 0.15) is 78.9 Å². The van der Waals surface area contributed by atoms with Gasteiger partial charge in [-0.2, -0.15) is 0 Å². The average Bonchev–Trinajstić information content (AvgIpc) is 2.67. The second kappa shape index (κ2) is 8.98. The summed E-state index contributed by atoms with van der Waals surface area (Å²) in [6, 6.07) is 16.8. The normalized spacial score (nSPS) is 15.7. The van der Waals surface area contributed by atoms with Crippen LogP contribution in [0.15, 0.2) is 54.6 Å². The third-order valence-electron chi connectivity index (χ3n) is 5.32. The van der Waals surface area contributed by atoms with Crippen molar-refractivity contribution in [3.63, 3.8) is 0 Å². The Balaban J connectivity index is 1.61. The molecule has 0 N–H and O–H groups in total. The largest absolute Gasteiger partial charge is 0.289 e. The number of hydrogen-bond donors (Lipinski definition) is 0. The first-order valence-electron chi connectivity index (χ1n) is 10.0. The summed E-state index contributed by atoms with van der Waals surface area (Å²) < 4.78 is 0. The summed E-state index contributed by atoms with van der Waals surface area (Å²) in [6.45, 7) is 4.46. The van der Waals surface area contributed by atoms with Crippen LogP contribution in [0.2, 0.25) is 0 Å². The summed E-state index contributed by atoms with van der Waals surface area (Å²) in [5, 5.41) is 0. The minimum Gasteiger partial charge on any atom is -0.289 e. The summed E-state index contributed by atoms with van der Waals surface area (Å²) >= 11 is 0. The van der Waals surface area contributed by atoms with Crippen molar-refractivity contribution in [2.24, 2.45) is 5.92 Å². The Morgan fingerprint density at radius 3 is 2.23 bits per heavy atom. The van der Waals surface area contributed by atoms with Gasteiger partial charge in [0.2, 0.25) is 0 Å². The molecule has 1 aliphatic carbocycles. The number of rotatable bonds is 6. The maximum absolute atomic E-state index is 12.4. The lowest BCUT2D eigenvalue weighted by atomic mass is 9.84. The molecule has 0 spiro atoms. The molecule has 2 aromatic carbocycles. The van der Waals surface area contributed by atoms with Crippen molar-refractivity contribution in [2.45, 2.75) is 58.3 Å². The Bertz CT molecular complexity index is 729. The predicted octanol–water partition coefficient (Wildman–Crippen LogP) is 6.83. The van der Waals surface area contributed by atoms with E-state index in [2.05, 4.69) is 50.2 Å². The van der Waals surface area contributed by atoms with Crippen LogP contribution in [0.4, 0.5) is 0 Å². The minimum absolute atomic E-state index is 0.0754. The van der Waals surface area contributed by atoms with Gasteiger partial charge in [-0.15, -0.1) is 0 Å². The molecule has 0 unspecified atom stereocenters. The van der Waals surface area contributed by atoms with Gasteiger partial charge in [0.05, 0.1) is 0 Å². The summed E-state index contributed by atoms with van der Waals surface area (Å²) in [5.74, 6) is 1.42.